The molecule has 0 bridgehead atoms. The van der Waals surface area contributed by atoms with Crippen molar-refractivity contribution in [3.8, 4) is 0 Å². The molecule has 3 unspecified atom stereocenters. The number of ether oxygens (including phenoxy) is 1. The summed E-state index contributed by atoms with van der Waals surface area (Å²) < 4.78 is 5.04. The number of fused-ring (bicyclic) bond motifs is 2. The van der Waals surface area contributed by atoms with Crippen molar-refractivity contribution in [2.75, 3.05) is 31.9 Å². The van der Waals surface area contributed by atoms with E-state index >= 15 is 0 Å². The van der Waals surface area contributed by atoms with Crippen molar-refractivity contribution in [1.82, 2.24) is 10.3 Å². The number of aromatic nitrogens is 1. The molecule has 0 saturated carbocycles. The molecular formula is C28H33N3O4S. The predicted molar refractivity (Wildman–Crippen MR) is 144 cm³/mol. The number of benzene rings is 2. The number of aryl methyl sites for hydroxylation is 1. The summed E-state index contributed by atoms with van der Waals surface area (Å²) in [6.45, 7) is 1.51. The molecule has 4 rings (SSSR count). The molecule has 0 radical (unpaired) electrons. The molecule has 1 aromatic heterocycles. The molecule has 8 heteroatoms. The smallest absolute Gasteiger partial charge is 0.328 e. The van der Waals surface area contributed by atoms with Crippen molar-refractivity contribution in [2.24, 2.45) is 5.92 Å². The van der Waals surface area contributed by atoms with Gasteiger partial charge in [-0.3, -0.25) is 9.59 Å². The highest BCUT2D eigenvalue weighted by atomic mass is 32.2. The number of H-pyrrole nitrogens is 1. The Morgan fingerprint density at radius 2 is 1.97 bits per heavy atom. The maximum absolute atomic E-state index is 13.7. The Labute approximate surface area is 216 Å². The van der Waals surface area contributed by atoms with Crippen LogP contribution in [0.1, 0.15) is 36.0 Å². The minimum absolute atomic E-state index is 0.0190. The number of methoxy groups -OCH3 is 1. The first-order chi connectivity index (χ1) is 17.3. The first kappa shape index (κ1) is 25.8. The molecular weight excluding hydrogens is 474 g/mol. The molecule has 3 atom stereocenters. The second kappa shape index (κ2) is 11.2. The molecule has 0 saturated heterocycles. The van der Waals surface area contributed by atoms with Gasteiger partial charge in [-0.15, -0.1) is 0 Å². The highest BCUT2D eigenvalue weighted by Crippen LogP contribution is 2.41. The average molecular weight is 508 g/mol. The van der Waals surface area contributed by atoms with Gasteiger partial charge in [0, 0.05) is 56.0 Å². The summed E-state index contributed by atoms with van der Waals surface area (Å²) in [6, 6.07) is 13.4. The second-order valence-electron chi connectivity index (χ2n) is 9.48. The van der Waals surface area contributed by atoms with Gasteiger partial charge in [0.1, 0.15) is 6.04 Å². The Hall–Kier alpha value is -3.26. The fraction of sp³-hybridized carbons (Fsp3) is 0.393. The van der Waals surface area contributed by atoms with Crippen LogP contribution in [0.15, 0.2) is 48.7 Å². The van der Waals surface area contributed by atoms with Gasteiger partial charge in [0.05, 0.1) is 13.0 Å². The van der Waals surface area contributed by atoms with Crippen LogP contribution in [0.4, 0.5) is 5.69 Å². The van der Waals surface area contributed by atoms with E-state index in [1.807, 2.05) is 44.6 Å². The Balaban J connectivity index is 1.58. The topological polar surface area (TPSA) is 91.5 Å². The highest BCUT2D eigenvalue weighted by molar-refractivity contribution is 8.13. The number of carbonyl (C=O) groups excluding carboxylic acids is 3. The van der Waals surface area contributed by atoms with E-state index in [1.165, 1.54) is 19.6 Å². The lowest BCUT2D eigenvalue weighted by molar-refractivity contribution is -0.145. The molecule has 1 aliphatic carbocycles. The van der Waals surface area contributed by atoms with Crippen LogP contribution in [0.5, 0.6) is 0 Å². The van der Waals surface area contributed by atoms with E-state index in [0.29, 0.717) is 12.2 Å². The molecule has 190 valence electrons. The van der Waals surface area contributed by atoms with Gasteiger partial charge < -0.3 is 19.9 Å². The van der Waals surface area contributed by atoms with Crippen LogP contribution in [-0.2, 0) is 32.0 Å². The molecule has 7 nitrogen and oxygen atoms in total. The average Bonchev–Trinajstić information content (AvgIpc) is 3.47. The number of aromatic amines is 1. The molecule has 1 aliphatic rings. The summed E-state index contributed by atoms with van der Waals surface area (Å²) >= 11 is 1.16. The van der Waals surface area contributed by atoms with Gasteiger partial charge in [0.15, 0.2) is 5.12 Å². The minimum Gasteiger partial charge on any atom is -0.467 e. The van der Waals surface area contributed by atoms with Crippen molar-refractivity contribution in [1.29, 1.82) is 0 Å². The summed E-state index contributed by atoms with van der Waals surface area (Å²) in [6.07, 6.45) is 3.88. The fourth-order valence-electron chi connectivity index (χ4n) is 5.05. The fourth-order valence-corrected chi connectivity index (χ4v) is 5.85. The van der Waals surface area contributed by atoms with E-state index in [9.17, 15) is 14.4 Å². The summed E-state index contributed by atoms with van der Waals surface area (Å²) in [7, 11) is 5.35. The molecule has 1 heterocycles. The molecule has 0 spiro atoms. The standard InChI is InChI=1S/C28H33N3O4S/c1-17(32)36-16-24(23-11-9-18-13-20(31(2)3)10-12-21(18)23)27(33)30-26(28(34)35-4)14-19-15-29-25-8-6-5-7-22(19)25/h5-8,10,12-13,15,23-24,26,29H,9,11,14,16H2,1-4H3,(H,30,33). The Bertz CT molecular complexity index is 1270. The zero-order valence-electron chi connectivity index (χ0n) is 21.2. The van der Waals surface area contributed by atoms with Crippen molar-refractivity contribution in [3.05, 3.63) is 65.4 Å². The van der Waals surface area contributed by atoms with Crippen LogP contribution in [0.25, 0.3) is 10.9 Å². The largest absolute Gasteiger partial charge is 0.467 e. The number of nitrogens with zero attached hydrogens (tertiary/aromatic N) is 1. The van der Waals surface area contributed by atoms with Gasteiger partial charge in [-0.25, -0.2) is 4.79 Å². The number of carbonyl (C=O) groups is 3. The number of rotatable bonds is 9. The van der Waals surface area contributed by atoms with Crippen molar-refractivity contribution >= 4 is 45.3 Å². The Morgan fingerprint density at radius 1 is 1.19 bits per heavy atom. The number of hydrogen-bond acceptors (Lipinski definition) is 6. The Morgan fingerprint density at radius 3 is 2.69 bits per heavy atom. The van der Waals surface area contributed by atoms with Gasteiger partial charge in [-0.2, -0.15) is 0 Å². The maximum atomic E-state index is 13.7. The number of thioether (sulfide) groups is 1. The minimum atomic E-state index is -0.830. The molecule has 0 fully saturated rings. The van der Waals surface area contributed by atoms with Crippen molar-refractivity contribution in [3.63, 3.8) is 0 Å². The van der Waals surface area contributed by atoms with Crippen LogP contribution >= 0.6 is 11.8 Å². The normalized spacial score (nSPS) is 16.3. The molecule has 1 amide bonds. The molecule has 2 N–H and O–H groups in total. The van der Waals surface area contributed by atoms with Crippen LogP contribution in [-0.4, -0.2) is 55.0 Å². The lowest BCUT2D eigenvalue weighted by Gasteiger charge is -2.26. The SMILES string of the molecule is COC(=O)C(Cc1c[nH]c2ccccc12)NC(=O)C(CSC(C)=O)C1CCc2cc(N(C)C)ccc21. The summed E-state index contributed by atoms with van der Waals surface area (Å²) in [5.74, 6) is -0.820. The van der Waals surface area contributed by atoms with Crippen LogP contribution < -0.4 is 10.2 Å². The van der Waals surface area contributed by atoms with E-state index in [2.05, 4.69) is 33.4 Å². The van der Waals surface area contributed by atoms with E-state index in [-0.39, 0.29) is 16.9 Å². The molecule has 0 aliphatic heterocycles. The van der Waals surface area contributed by atoms with Gasteiger partial charge in [-0.1, -0.05) is 36.0 Å². The van der Waals surface area contributed by atoms with Crippen LogP contribution in [0, 0.1) is 5.92 Å². The maximum Gasteiger partial charge on any atom is 0.328 e. The van der Waals surface area contributed by atoms with E-state index in [4.69, 9.17) is 4.74 Å². The third-order valence-corrected chi connectivity index (χ3v) is 7.89. The highest BCUT2D eigenvalue weighted by Gasteiger charge is 2.36. The third-order valence-electron chi connectivity index (χ3n) is 6.96. The van der Waals surface area contributed by atoms with Crippen molar-refractivity contribution < 1.29 is 19.1 Å². The number of hydrogen-bond donors (Lipinski definition) is 2. The second-order valence-corrected chi connectivity index (χ2v) is 10.7. The lowest BCUT2D eigenvalue weighted by Crippen LogP contribution is -2.47. The Kier molecular flexibility index (Phi) is 8.04. The summed E-state index contributed by atoms with van der Waals surface area (Å²) in [5, 5.41) is 3.95. The van der Waals surface area contributed by atoms with Crippen molar-refractivity contribution in [2.45, 2.75) is 38.1 Å². The molecule has 36 heavy (non-hydrogen) atoms. The zero-order valence-corrected chi connectivity index (χ0v) is 22.0. The number of para-hydroxylation sites is 1. The third kappa shape index (κ3) is 5.59. The molecule has 2 aromatic carbocycles. The zero-order chi connectivity index (χ0) is 25.8. The predicted octanol–water partition coefficient (Wildman–Crippen LogP) is 4.06. The lowest BCUT2D eigenvalue weighted by atomic mass is 9.87. The molecule has 3 aromatic rings. The first-order valence-corrected chi connectivity index (χ1v) is 13.1. The number of amides is 1. The van der Waals surface area contributed by atoms with Gasteiger partial charge in [-0.05, 0) is 53.6 Å². The van der Waals surface area contributed by atoms with Gasteiger partial charge >= 0.3 is 5.97 Å². The quantitative estimate of drug-likeness (QED) is 0.425. The van der Waals surface area contributed by atoms with Gasteiger partial charge in [0.25, 0.3) is 0 Å². The monoisotopic (exact) mass is 507 g/mol. The number of nitrogens with one attached hydrogen (secondary N) is 2. The van der Waals surface area contributed by atoms with Crippen LogP contribution in [0.2, 0.25) is 0 Å². The van der Waals surface area contributed by atoms with E-state index in [0.717, 1.165) is 52.3 Å². The van der Waals surface area contributed by atoms with Crippen LogP contribution in [0.3, 0.4) is 0 Å². The van der Waals surface area contributed by atoms with E-state index in [1.54, 1.807) is 0 Å². The van der Waals surface area contributed by atoms with Gasteiger partial charge in [0.2, 0.25) is 5.91 Å². The van der Waals surface area contributed by atoms with E-state index < -0.39 is 17.9 Å². The number of anilines is 1. The number of esters is 1. The summed E-state index contributed by atoms with van der Waals surface area (Å²) in [5.41, 5.74) is 5.41. The summed E-state index contributed by atoms with van der Waals surface area (Å²) in [4.78, 5) is 43.5. The first-order valence-electron chi connectivity index (χ1n) is 12.1.